The highest BCUT2D eigenvalue weighted by atomic mass is 16.5. The predicted octanol–water partition coefficient (Wildman–Crippen LogP) is 1.54. The fraction of sp³-hybridized carbons (Fsp3) is 0.333. The summed E-state index contributed by atoms with van der Waals surface area (Å²) in [5.74, 6) is -0.431. The molecule has 0 fully saturated rings. The number of aliphatic hydroxyl groups is 1. The number of nitrogens with zero attached hydrogens (tertiary/aromatic N) is 1. The van der Waals surface area contributed by atoms with E-state index in [2.05, 4.69) is 0 Å². The Hall–Kier alpha value is -1.86. The lowest BCUT2D eigenvalue weighted by atomic mass is 10.00. The molecule has 1 aromatic rings. The Kier molecular flexibility index (Phi) is 4.03. The van der Waals surface area contributed by atoms with Crippen molar-refractivity contribution in [3.05, 3.63) is 34.4 Å². The SMILES string of the molecule is CCOC(=O)c1cc(CO)c(C#N)cc1C. The highest BCUT2D eigenvalue weighted by Gasteiger charge is 2.13. The van der Waals surface area contributed by atoms with Crippen molar-refractivity contribution < 1.29 is 14.6 Å². The minimum Gasteiger partial charge on any atom is -0.462 e. The third-order valence-corrected chi connectivity index (χ3v) is 2.24. The Morgan fingerprint density at radius 1 is 1.56 bits per heavy atom. The summed E-state index contributed by atoms with van der Waals surface area (Å²) in [6, 6.07) is 5.06. The molecule has 16 heavy (non-hydrogen) atoms. The molecule has 0 aliphatic heterocycles. The Balaban J connectivity index is 3.22. The molecule has 0 spiro atoms. The lowest BCUT2D eigenvalue weighted by Gasteiger charge is -2.08. The molecule has 0 aromatic heterocycles. The van der Waals surface area contributed by atoms with Gasteiger partial charge in [0.1, 0.15) is 0 Å². The Bertz CT molecular complexity index is 446. The summed E-state index contributed by atoms with van der Waals surface area (Å²) in [4.78, 5) is 11.5. The number of hydrogen-bond donors (Lipinski definition) is 1. The maximum atomic E-state index is 11.5. The Morgan fingerprint density at radius 2 is 2.25 bits per heavy atom. The van der Waals surface area contributed by atoms with E-state index in [4.69, 9.17) is 15.1 Å². The summed E-state index contributed by atoms with van der Waals surface area (Å²) < 4.78 is 4.88. The first-order valence-electron chi connectivity index (χ1n) is 4.95. The maximum absolute atomic E-state index is 11.5. The van der Waals surface area contributed by atoms with Crippen LogP contribution in [0, 0.1) is 18.3 Å². The molecular weight excluding hydrogens is 206 g/mol. The van der Waals surface area contributed by atoms with Crippen LogP contribution in [0.4, 0.5) is 0 Å². The average Bonchev–Trinajstić information content (AvgIpc) is 2.28. The molecule has 0 amide bonds. The summed E-state index contributed by atoms with van der Waals surface area (Å²) >= 11 is 0. The molecule has 1 N–H and O–H groups in total. The molecule has 0 aliphatic carbocycles. The van der Waals surface area contributed by atoms with Crippen molar-refractivity contribution in [2.45, 2.75) is 20.5 Å². The van der Waals surface area contributed by atoms with Gasteiger partial charge in [0.2, 0.25) is 0 Å². The van der Waals surface area contributed by atoms with Gasteiger partial charge in [0, 0.05) is 0 Å². The van der Waals surface area contributed by atoms with Crippen LogP contribution in [0.5, 0.6) is 0 Å². The Morgan fingerprint density at radius 3 is 2.75 bits per heavy atom. The van der Waals surface area contributed by atoms with E-state index < -0.39 is 5.97 Å². The van der Waals surface area contributed by atoms with Crippen molar-refractivity contribution in [3.63, 3.8) is 0 Å². The third kappa shape index (κ3) is 2.38. The van der Waals surface area contributed by atoms with Crippen LogP contribution in [0.2, 0.25) is 0 Å². The second-order valence-electron chi connectivity index (χ2n) is 3.31. The van der Waals surface area contributed by atoms with Crippen LogP contribution >= 0.6 is 0 Å². The van der Waals surface area contributed by atoms with E-state index in [1.807, 2.05) is 6.07 Å². The van der Waals surface area contributed by atoms with Crippen molar-refractivity contribution in [2.75, 3.05) is 6.61 Å². The molecule has 0 saturated carbocycles. The third-order valence-electron chi connectivity index (χ3n) is 2.24. The van der Waals surface area contributed by atoms with Crippen molar-refractivity contribution in [1.82, 2.24) is 0 Å². The fourth-order valence-corrected chi connectivity index (χ4v) is 1.42. The largest absolute Gasteiger partial charge is 0.462 e. The fourth-order valence-electron chi connectivity index (χ4n) is 1.42. The molecule has 0 atom stereocenters. The number of ether oxygens (including phenoxy) is 1. The summed E-state index contributed by atoms with van der Waals surface area (Å²) in [6.45, 7) is 3.49. The molecule has 4 heteroatoms. The van der Waals surface area contributed by atoms with Gasteiger partial charge in [0.05, 0.1) is 30.4 Å². The van der Waals surface area contributed by atoms with E-state index >= 15 is 0 Å². The van der Waals surface area contributed by atoms with Gasteiger partial charge in [-0.2, -0.15) is 5.26 Å². The lowest BCUT2D eigenvalue weighted by molar-refractivity contribution is 0.0525. The number of nitriles is 1. The number of carbonyl (C=O) groups excluding carboxylic acids is 1. The van der Waals surface area contributed by atoms with Crippen molar-refractivity contribution in [3.8, 4) is 6.07 Å². The van der Waals surface area contributed by atoms with Crippen LogP contribution in [0.1, 0.15) is 34.0 Å². The van der Waals surface area contributed by atoms with Crippen LogP contribution in [0.25, 0.3) is 0 Å². The maximum Gasteiger partial charge on any atom is 0.338 e. The molecule has 1 rings (SSSR count). The van der Waals surface area contributed by atoms with Gasteiger partial charge < -0.3 is 9.84 Å². The number of esters is 1. The minimum atomic E-state index is -0.431. The number of carbonyl (C=O) groups is 1. The summed E-state index contributed by atoms with van der Waals surface area (Å²) in [7, 11) is 0. The van der Waals surface area contributed by atoms with Gasteiger partial charge >= 0.3 is 5.97 Å². The van der Waals surface area contributed by atoms with Crippen LogP contribution in [0.15, 0.2) is 12.1 Å². The van der Waals surface area contributed by atoms with E-state index in [0.717, 1.165) is 0 Å². The monoisotopic (exact) mass is 219 g/mol. The van der Waals surface area contributed by atoms with E-state index in [1.54, 1.807) is 19.9 Å². The number of rotatable bonds is 3. The van der Waals surface area contributed by atoms with Gasteiger partial charge in [0.25, 0.3) is 0 Å². The molecule has 4 nitrogen and oxygen atoms in total. The second-order valence-corrected chi connectivity index (χ2v) is 3.31. The van der Waals surface area contributed by atoms with Gasteiger partial charge in [-0.05, 0) is 37.1 Å². The molecule has 1 aromatic carbocycles. The highest BCUT2D eigenvalue weighted by molar-refractivity contribution is 5.91. The van der Waals surface area contributed by atoms with Gasteiger partial charge in [-0.25, -0.2) is 4.79 Å². The highest BCUT2D eigenvalue weighted by Crippen LogP contribution is 2.17. The van der Waals surface area contributed by atoms with Crippen molar-refractivity contribution in [2.24, 2.45) is 0 Å². The standard InChI is InChI=1S/C12H13NO3/c1-3-16-12(15)11-5-10(7-14)9(6-13)4-8(11)2/h4-5,14H,3,7H2,1-2H3. The lowest BCUT2D eigenvalue weighted by Crippen LogP contribution is -2.08. The van der Waals surface area contributed by atoms with Crippen LogP contribution in [0.3, 0.4) is 0 Å². The molecule has 0 aliphatic rings. The number of hydrogen-bond acceptors (Lipinski definition) is 4. The average molecular weight is 219 g/mol. The molecule has 84 valence electrons. The normalized spacial score (nSPS) is 9.62. The van der Waals surface area contributed by atoms with E-state index in [1.165, 1.54) is 6.07 Å². The molecule has 0 saturated heterocycles. The summed E-state index contributed by atoms with van der Waals surface area (Å²) in [6.07, 6.45) is 0. The quantitative estimate of drug-likeness (QED) is 0.783. The topological polar surface area (TPSA) is 70.3 Å². The number of benzene rings is 1. The molecular formula is C12H13NO3. The van der Waals surface area contributed by atoms with Crippen LogP contribution in [-0.4, -0.2) is 17.7 Å². The summed E-state index contributed by atoms with van der Waals surface area (Å²) in [5, 5.41) is 17.9. The number of aliphatic hydroxyl groups excluding tert-OH is 1. The second kappa shape index (κ2) is 5.29. The van der Waals surface area contributed by atoms with E-state index in [9.17, 15) is 4.79 Å². The smallest absolute Gasteiger partial charge is 0.338 e. The zero-order chi connectivity index (χ0) is 12.1. The van der Waals surface area contributed by atoms with Crippen molar-refractivity contribution >= 4 is 5.97 Å². The van der Waals surface area contributed by atoms with E-state index in [-0.39, 0.29) is 6.61 Å². The zero-order valence-corrected chi connectivity index (χ0v) is 9.28. The molecule has 0 heterocycles. The van der Waals surface area contributed by atoms with E-state index in [0.29, 0.717) is 28.9 Å². The number of aryl methyl sites for hydroxylation is 1. The van der Waals surface area contributed by atoms with Gasteiger partial charge in [-0.1, -0.05) is 0 Å². The minimum absolute atomic E-state index is 0.268. The van der Waals surface area contributed by atoms with Crippen LogP contribution < -0.4 is 0 Å². The Labute approximate surface area is 94.1 Å². The van der Waals surface area contributed by atoms with Crippen LogP contribution in [-0.2, 0) is 11.3 Å². The zero-order valence-electron chi connectivity index (χ0n) is 9.28. The first-order chi connectivity index (χ1) is 7.63. The predicted molar refractivity (Wildman–Crippen MR) is 57.8 cm³/mol. The molecule has 0 bridgehead atoms. The van der Waals surface area contributed by atoms with Gasteiger partial charge in [0.15, 0.2) is 0 Å². The van der Waals surface area contributed by atoms with Gasteiger partial charge in [-0.3, -0.25) is 0 Å². The molecule has 0 unspecified atom stereocenters. The molecule has 0 radical (unpaired) electrons. The van der Waals surface area contributed by atoms with Gasteiger partial charge in [-0.15, -0.1) is 0 Å². The summed E-state index contributed by atoms with van der Waals surface area (Å²) in [5.41, 5.74) is 1.89. The van der Waals surface area contributed by atoms with Crippen molar-refractivity contribution in [1.29, 1.82) is 5.26 Å². The first-order valence-corrected chi connectivity index (χ1v) is 4.95. The first kappa shape index (κ1) is 12.2.